The van der Waals surface area contributed by atoms with E-state index in [0.29, 0.717) is 12.3 Å². The molecule has 0 amide bonds. The summed E-state index contributed by atoms with van der Waals surface area (Å²) >= 11 is 0. The Morgan fingerprint density at radius 1 is 0.970 bits per heavy atom. The molecule has 0 fully saturated rings. The summed E-state index contributed by atoms with van der Waals surface area (Å²) in [6.07, 6.45) is 3.82. The van der Waals surface area contributed by atoms with Gasteiger partial charge in [-0.3, -0.25) is 24.2 Å². The summed E-state index contributed by atoms with van der Waals surface area (Å²) in [5.74, 6) is 0.735. The SMILES string of the molecule is CCCN(CCC)Cc1cccc(COc2ccc(-n3cnc4c(=O)[nH]c(=O)[nH]c43)cc2)c1. The third-order valence-electron chi connectivity index (χ3n) is 5.44. The second-order valence-corrected chi connectivity index (χ2v) is 8.10. The number of ether oxygens (including phenoxy) is 1. The molecular formula is C25H29N5O3. The standard InChI is InChI=1S/C25H29N5O3/c1-3-12-29(13-4-2)15-18-6-5-7-19(14-18)16-33-21-10-8-20(9-11-21)30-17-26-22-23(30)27-25(32)28-24(22)31/h5-11,14,17H,3-4,12-13,15-16H2,1-2H3,(H2,27,28,31,32). The van der Waals surface area contributed by atoms with E-state index in [1.165, 1.54) is 11.9 Å². The fourth-order valence-electron chi connectivity index (χ4n) is 3.98. The molecule has 2 N–H and O–H groups in total. The molecule has 33 heavy (non-hydrogen) atoms. The summed E-state index contributed by atoms with van der Waals surface area (Å²) in [4.78, 5) is 34.9. The Morgan fingerprint density at radius 2 is 1.70 bits per heavy atom. The van der Waals surface area contributed by atoms with Crippen LogP contribution in [-0.2, 0) is 13.2 Å². The molecule has 4 rings (SSSR count). The highest BCUT2D eigenvalue weighted by molar-refractivity contribution is 5.71. The Balaban J connectivity index is 1.43. The first-order chi connectivity index (χ1) is 16.1. The second kappa shape index (κ2) is 10.3. The lowest BCUT2D eigenvalue weighted by Gasteiger charge is -2.21. The van der Waals surface area contributed by atoms with Crippen molar-refractivity contribution in [2.45, 2.75) is 39.8 Å². The zero-order chi connectivity index (χ0) is 23.2. The molecule has 0 aliphatic heterocycles. The van der Waals surface area contributed by atoms with Crippen LogP contribution in [0.2, 0.25) is 0 Å². The number of fused-ring (bicyclic) bond motifs is 1. The molecule has 4 aromatic rings. The number of hydrogen-bond donors (Lipinski definition) is 2. The van der Waals surface area contributed by atoms with Crippen molar-refractivity contribution in [1.82, 2.24) is 24.4 Å². The third kappa shape index (κ3) is 5.40. The number of imidazole rings is 1. The van der Waals surface area contributed by atoms with Gasteiger partial charge in [-0.15, -0.1) is 0 Å². The van der Waals surface area contributed by atoms with Crippen LogP contribution >= 0.6 is 0 Å². The van der Waals surface area contributed by atoms with E-state index in [-0.39, 0.29) is 5.52 Å². The Hall–Kier alpha value is -3.65. The molecule has 0 unspecified atom stereocenters. The molecule has 172 valence electrons. The van der Waals surface area contributed by atoms with Crippen molar-refractivity contribution in [1.29, 1.82) is 0 Å². The molecule has 8 heteroatoms. The fourth-order valence-corrected chi connectivity index (χ4v) is 3.98. The lowest BCUT2D eigenvalue weighted by atomic mass is 10.1. The van der Waals surface area contributed by atoms with Crippen LogP contribution < -0.4 is 16.0 Å². The molecule has 8 nitrogen and oxygen atoms in total. The van der Waals surface area contributed by atoms with E-state index in [1.807, 2.05) is 24.3 Å². The normalized spacial score (nSPS) is 11.4. The summed E-state index contributed by atoms with van der Waals surface area (Å²) in [5.41, 5.74) is 2.65. The van der Waals surface area contributed by atoms with Crippen LogP contribution in [0.1, 0.15) is 37.8 Å². The number of nitrogens with zero attached hydrogens (tertiary/aromatic N) is 3. The predicted octanol–water partition coefficient (Wildman–Crippen LogP) is 3.60. The monoisotopic (exact) mass is 447 g/mol. The van der Waals surface area contributed by atoms with Crippen molar-refractivity contribution < 1.29 is 4.74 Å². The first kappa shape index (κ1) is 22.5. The van der Waals surface area contributed by atoms with Crippen molar-refractivity contribution >= 4 is 11.2 Å². The minimum absolute atomic E-state index is 0.186. The lowest BCUT2D eigenvalue weighted by Crippen LogP contribution is -2.24. The minimum Gasteiger partial charge on any atom is -0.489 e. The van der Waals surface area contributed by atoms with Gasteiger partial charge in [-0.25, -0.2) is 9.78 Å². The highest BCUT2D eigenvalue weighted by Crippen LogP contribution is 2.19. The van der Waals surface area contributed by atoms with Gasteiger partial charge in [0.05, 0.1) is 0 Å². The van der Waals surface area contributed by atoms with Crippen molar-refractivity contribution in [3.63, 3.8) is 0 Å². The van der Waals surface area contributed by atoms with Crippen LogP contribution in [0.3, 0.4) is 0 Å². The quantitative estimate of drug-likeness (QED) is 0.387. The van der Waals surface area contributed by atoms with E-state index < -0.39 is 11.2 Å². The van der Waals surface area contributed by atoms with Gasteiger partial charge in [0.15, 0.2) is 11.2 Å². The van der Waals surface area contributed by atoms with E-state index in [2.05, 4.69) is 58.0 Å². The maximum atomic E-state index is 11.9. The second-order valence-electron chi connectivity index (χ2n) is 8.10. The van der Waals surface area contributed by atoms with Crippen LogP contribution in [0.25, 0.3) is 16.9 Å². The number of benzene rings is 2. The van der Waals surface area contributed by atoms with Gasteiger partial charge in [0.1, 0.15) is 18.7 Å². The predicted molar refractivity (Wildman–Crippen MR) is 129 cm³/mol. The summed E-state index contributed by atoms with van der Waals surface area (Å²) in [5, 5.41) is 0. The number of rotatable bonds is 10. The van der Waals surface area contributed by atoms with Crippen LogP contribution in [0.5, 0.6) is 5.75 Å². The maximum Gasteiger partial charge on any atom is 0.327 e. The van der Waals surface area contributed by atoms with Gasteiger partial charge in [0, 0.05) is 12.2 Å². The molecule has 0 saturated carbocycles. The minimum atomic E-state index is -0.566. The van der Waals surface area contributed by atoms with Gasteiger partial charge in [-0.2, -0.15) is 0 Å². The summed E-state index contributed by atoms with van der Waals surface area (Å²) in [6.45, 7) is 8.07. The highest BCUT2D eigenvalue weighted by Gasteiger charge is 2.10. The van der Waals surface area contributed by atoms with Gasteiger partial charge >= 0.3 is 5.69 Å². The largest absolute Gasteiger partial charge is 0.489 e. The number of aromatic amines is 2. The zero-order valence-corrected chi connectivity index (χ0v) is 19.0. The number of H-pyrrole nitrogens is 2. The Kier molecular flexibility index (Phi) is 7.04. The van der Waals surface area contributed by atoms with E-state index >= 15 is 0 Å². The molecule has 0 saturated heterocycles. The third-order valence-corrected chi connectivity index (χ3v) is 5.44. The van der Waals surface area contributed by atoms with Crippen molar-refractivity contribution in [2.24, 2.45) is 0 Å². The Morgan fingerprint density at radius 3 is 2.42 bits per heavy atom. The average Bonchev–Trinajstić information content (AvgIpc) is 3.23. The smallest absolute Gasteiger partial charge is 0.327 e. The van der Waals surface area contributed by atoms with Crippen molar-refractivity contribution in [3.05, 3.63) is 86.8 Å². The van der Waals surface area contributed by atoms with Gasteiger partial charge in [0.2, 0.25) is 0 Å². The summed E-state index contributed by atoms with van der Waals surface area (Å²) < 4.78 is 7.66. The first-order valence-electron chi connectivity index (χ1n) is 11.3. The lowest BCUT2D eigenvalue weighted by molar-refractivity contribution is 0.266. The molecule has 0 radical (unpaired) electrons. The molecule has 0 bridgehead atoms. The average molecular weight is 448 g/mol. The van der Waals surface area contributed by atoms with Crippen LogP contribution in [0.15, 0.2) is 64.4 Å². The maximum absolute atomic E-state index is 11.9. The zero-order valence-electron chi connectivity index (χ0n) is 19.0. The molecule has 0 atom stereocenters. The van der Waals surface area contributed by atoms with Gasteiger partial charge in [-0.05, 0) is 61.3 Å². The van der Waals surface area contributed by atoms with Gasteiger partial charge < -0.3 is 4.74 Å². The molecule has 0 aliphatic rings. The number of hydrogen-bond acceptors (Lipinski definition) is 5. The molecule has 0 spiro atoms. The molecule has 2 heterocycles. The first-order valence-corrected chi connectivity index (χ1v) is 11.3. The van der Waals surface area contributed by atoms with Crippen molar-refractivity contribution in [2.75, 3.05) is 13.1 Å². The summed E-state index contributed by atoms with van der Waals surface area (Å²) in [6, 6.07) is 16.0. The number of nitrogens with one attached hydrogen (secondary N) is 2. The molecule has 2 aromatic carbocycles. The summed E-state index contributed by atoms with van der Waals surface area (Å²) in [7, 11) is 0. The van der Waals surface area contributed by atoms with E-state index in [4.69, 9.17) is 4.74 Å². The van der Waals surface area contributed by atoms with Crippen molar-refractivity contribution in [3.8, 4) is 11.4 Å². The molecule has 2 aromatic heterocycles. The van der Waals surface area contributed by atoms with Crippen LogP contribution in [0, 0.1) is 0 Å². The van der Waals surface area contributed by atoms with E-state index in [0.717, 1.165) is 49.5 Å². The van der Waals surface area contributed by atoms with E-state index in [9.17, 15) is 9.59 Å². The molecule has 0 aliphatic carbocycles. The molecular weight excluding hydrogens is 418 g/mol. The van der Waals surface area contributed by atoms with E-state index in [1.54, 1.807) is 4.57 Å². The number of aromatic nitrogens is 4. The van der Waals surface area contributed by atoms with Crippen LogP contribution in [0.4, 0.5) is 0 Å². The van der Waals surface area contributed by atoms with Gasteiger partial charge in [-0.1, -0.05) is 38.1 Å². The van der Waals surface area contributed by atoms with Crippen LogP contribution in [-0.4, -0.2) is 37.5 Å². The topological polar surface area (TPSA) is 96.0 Å². The highest BCUT2D eigenvalue weighted by atomic mass is 16.5. The Bertz CT molecular complexity index is 1310. The van der Waals surface area contributed by atoms with Gasteiger partial charge in [0.25, 0.3) is 5.56 Å². The Labute approximate surface area is 191 Å². The fraction of sp³-hybridized carbons (Fsp3) is 0.320.